The molecule has 1 aliphatic carbocycles. The van der Waals surface area contributed by atoms with E-state index in [9.17, 15) is 22.4 Å². The summed E-state index contributed by atoms with van der Waals surface area (Å²) in [6.07, 6.45) is -1.86. The maximum absolute atomic E-state index is 13.9. The van der Waals surface area contributed by atoms with Crippen LogP contribution in [0.15, 0.2) is 42.5 Å². The van der Waals surface area contributed by atoms with Crippen LogP contribution in [0.3, 0.4) is 0 Å². The molecule has 1 aliphatic rings. The fraction of sp³-hybridized carbons (Fsp3) is 0.536. The molecule has 0 saturated carbocycles. The van der Waals surface area contributed by atoms with Crippen molar-refractivity contribution in [2.45, 2.75) is 64.1 Å². The Morgan fingerprint density at radius 3 is 2.58 bits per heavy atom. The first-order valence-electron chi connectivity index (χ1n) is 12.3. The van der Waals surface area contributed by atoms with Crippen LogP contribution in [0.2, 0.25) is 0 Å². The van der Waals surface area contributed by atoms with E-state index in [0.29, 0.717) is 38.8 Å². The van der Waals surface area contributed by atoms with Crippen molar-refractivity contribution in [3.8, 4) is 5.75 Å². The summed E-state index contributed by atoms with van der Waals surface area (Å²) in [5.41, 5.74) is 2.20. The van der Waals surface area contributed by atoms with Gasteiger partial charge in [-0.1, -0.05) is 32.0 Å². The molecule has 2 atom stereocenters. The quantitative estimate of drug-likeness (QED) is 0.278. The number of halogens is 4. The van der Waals surface area contributed by atoms with Crippen LogP contribution in [0.25, 0.3) is 0 Å². The van der Waals surface area contributed by atoms with Gasteiger partial charge in [-0.05, 0) is 73.2 Å². The highest BCUT2D eigenvalue weighted by Crippen LogP contribution is 2.48. The highest BCUT2D eigenvalue weighted by molar-refractivity contribution is 5.67. The van der Waals surface area contributed by atoms with Crippen molar-refractivity contribution < 1.29 is 31.8 Å². The molecule has 2 aromatic carbocycles. The zero-order chi connectivity index (χ0) is 26.5. The SMILES string of the molecule is CC(=O)O[C@]1(CCN(C)CCc2cccc(OCC(F)(F)F)c2)CCc2cc(F)ccc2[C@@H]1C(C)C. The van der Waals surface area contributed by atoms with Crippen LogP contribution in [-0.4, -0.2) is 49.4 Å². The van der Waals surface area contributed by atoms with Crippen molar-refractivity contribution in [3.63, 3.8) is 0 Å². The number of fused-ring (bicyclic) bond motifs is 1. The second kappa shape index (κ2) is 11.6. The average Bonchev–Trinajstić information content (AvgIpc) is 2.79. The first-order valence-corrected chi connectivity index (χ1v) is 12.3. The van der Waals surface area contributed by atoms with Gasteiger partial charge in [0.05, 0.1) is 0 Å². The van der Waals surface area contributed by atoms with Gasteiger partial charge in [0.1, 0.15) is 17.2 Å². The third-order valence-electron chi connectivity index (χ3n) is 6.84. The third kappa shape index (κ3) is 7.45. The van der Waals surface area contributed by atoms with Crippen molar-refractivity contribution >= 4 is 5.97 Å². The van der Waals surface area contributed by atoms with E-state index in [4.69, 9.17) is 9.47 Å². The Balaban J connectivity index is 1.68. The minimum Gasteiger partial charge on any atom is -0.484 e. The number of nitrogens with zero attached hydrogens (tertiary/aromatic N) is 1. The lowest BCUT2D eigenvalue weighted by Gasteiger charge is -2.47. The van der Waals surface area contributed by atoms with Crippen molar-refractivity contribution in [1.82, 2.24) is 4.90 Å². The Hall–Kier alpha value is -2.61. The molecule has 0 heterocycles. The van der Waals surface area contributed by atoms with Crippen LogP contribution in [0, 0.1) is 11.7 Å². The Labute approximate surface area is 210 Å². The average molecular weight is 510 g/mol. The highest BCUT2D eigenvalue weighted by Gasteiger charge is 2.47. The van der Waals surface area contributed by atoms with Gasteiger partial charge in [0, 0.05) is 32.4 Å². The molecular formula is C28H35F4NO3. The van der Waals surface area contributed by atoms with Gasteiger partial charge in [-0.15, -0.1) is 0 Å². The van der Waals surface area contributed by atoms with Gasteiger partial charge >= 0.3 is 12.1 Å². The zero-order valence-corrected chi connectivity index (χ0v) is 21.3. The van der Waals surface area contributed by atoms with Gasteiger partial charge in [0.25, 0.3) is 0 Å². The summed E-state index contributed by atoms with van der Waals surface area (Å²) in [7, 11) is 1.97. The van der Waals surface area contributed by atoms with Gasteiger partial charge in [-0.3, -0.25) is 4.79 Å². The number of benzene rings is 2. The maximum atomic E-state index is 13.9. The molecule has 0 amide bonds. The van der Waals surface area contributed by atoms with E-state index < -0.39 is 18.4 Å². The summed E-state index contributed by atoms with van der Waals surface area (Å²) in [6.45, 7) is 5.64. The number of carbonyl (C=O) groups is 1. The van der Waals surface area contributed by atoms with Crippen LogP contribution >= 0.6 is 0 Å². The standard InChI is InChI=1S/C28H35F4NO3/c1-19(2)26-25-9-8-23(29)17-22(25)10-12-27(26,36-20(3)34)13-15-33(4)14-11-21-6-5-7-24(16-21)35-18-28(30,31)32/h5-9,16-17,19,26H,10-15,18H2,1-4H3/t26-,27-/m0/s1. The minimum atomic E-state index is -4.38. The second-order valence-corrected chi connectivity index (χ2v) is 10.1. The molecule has 0 fully saturated rings. The molecule has 0 unspecified atom stereocenters. The number of aryl methyl sites for hydroxylation is 1. The molecule has 0 saturated heterocycles. The van der Waals surface area contributed by atoms with E-state index >= 15 is 0 Å². The summed E-state index contributed by atoms with van der Waals surface area (Å²) in [6, 6.07) is 11.6. The van der Waals surface area contributed by atoms with Crippen molar-refractivity contribution in [1.29, 1.82) is 0 Å². The molecule has 0 aromatic heterocycles. The normalized spacial score (nSPS) is 19.9. The van der Waals surface area contributed by atoms with Crippen LogP contribution < -0.4 is 4.74 Å². The van der Waals surface area contributed by atoms with E-state index in [1.54, 1.807) is 18.2 Å². The third-order valence-corrected chi connectivity index (χ3v) is 6.84. The van der Waals surface area contributed by atoms with Crippen molar-refractivity contribution in [2.24, 2.45) is 5.92 Å². The number of likely N-dealkylation sites (N-methyl/N-ethyl adjacent to an activating group) is 1. The van der Waals surface area contributed by atoms with E-state index in [1.807, 2.05) is 19.2 Å². The Kier molecular flexibility index (Phi) is 9.03. The molecule has 4 nitrogen and oxygen atoms in total. The molecule has 0 aliphatic heterocycles. The topological polar surface area (TPSA) is 38.8 Å². The molecule has 0 N–H and O–H groups in total. The van der Waals surface area contributed by atoms with Gasteiger partial charge in [-0.2, -0.15) is 13.2 Å². The van der Waals surface area contributed by atoms with Crippen LogP contribution in [0.1, 0.15) is 56.2 Å². The Morgan fingerprint density at radius 2 is 1.92 bits per heavy atom. The number of hydrogen-bond donors (Lipinski definition) is 0. The number of ether oxygens (including phenoxy) is 2. The summed E-state index contributed by atoms with van der Waals surface area (Å²) >= 11 is 0. The molecule has 3 rings (SSSR count). The number of hydrogen-bond acceptors (Lipinski definition) is 4. The fourth-order valence-electron chi connectivity index (χ4n) is 5.35. The number of rotatable bonds is 10. The predicted octanol–water partition coefficient (Wildman–Crippen LogP) is 6.32. The van der Waals surface area contributed by atoms with Gasteiger partial charge in [0.15, 0.2) is 6.61 Å². The monoisotopic (exact) mass is 509 g/mol. The first kappa shape index (κ1) is 28.0. The molecule has 2 aromatic rings. The van der Waals surface area contributed by atoms with Gasteiger partial charge in [-0.25, -0.2) is 4.39 Å². The zero-order valence-electron chi connectivity index (χ0n) is 21.3. The minimum absolute atomic E-state index is 0.0541. The Morgan fingerprint density at radius 1 is 1.17 bits per heavy atom. The van der Waals surface area contributed by atoms with Gasteiger partial charge < -0.3 is 14.4 Å². The van der Waals surface area contributed by atoms with Gasteiger partial charge in [0.2, 0.25) is 0 Å². The maximum Gasteiger partial charge on any atom is 0.422 e. The molecule has 36 heavy (non-hydrogen) atoms. The molecule has 0 spiro atoms. The smallest absolute Gasteiger partial charge is 0.422 e. The second-order valence-electron chi connectivity index (χ2n) is 10.1. The largest absolute Gasteiger partial charge is 0.484 e. The van der Waals surface area contributed by atoms with E-state index in [0.717, 1.165) is 16.7 Å². The van der Waals surface area contributed by atoms with Crippen molar-refractivity contribution in [2.75, 3.05) is 26.7 Å². The number of esters is 1. The van der Waals surface area contributed by atoms with Crippen molar-refractivity contribution in [3.05, 3.63) is 65.0 Å². The Bertz CT molecular complexity index is 1040. The summed E-state index contributed by atoms with van der Waals surface area (Å²) in [5, 5.41) is 0. The van der Waals surface area contributed by atoms with Crippen LogP contribution in [0.5, 0.6) is 5.75 Å². The predicted molar refractivity (Wildman–Crippen MR) is 131 cm³/mol. The van der Waals surface area contributed by atoms with E-state index in [1.165, 1.54) is 19.1 Å². The fourth-order valence-corrected chi connectivity index (χ4v) is 5.35. The molecule has 198 valence electrons. The summed E-state index contributed by atoms with van der Waals surface area (Å²) < 4.78 is 62.1. The van der Waals surface area contributed by atoms with Crippen LogP contribution in [0.4, 0.5) is 17.6 Å². The lowest BCUT2D eigenvalue weighted by Crippen LogP contribution is -2.48. The lowest BCUT2D eigenvalue weighted by atomic mass is 9.65. The van der Waals surface area contributed by atoms with E-state index in [2.05, 4.69) is 18.7 Å². The summed E-state index contributed by atoms with van der Waals surface area (Å²) in [5.74, 6) is -0.271. The molecular weight excluding hydrogens is 474 g/mol. The molecule has 0 radical (unpaired) electrons. The molecule has 0 bridgehead atoms. The lowest BCUT2D eigenvalue weighted by molar-refractivity contribution is -0.165. The van der Waals surface area contributed by atoms with E-state index in [-0.39, 0.29) is 29.4 Å². The molecule has 8 heteroatoms. The number of carbonyl (C=O) groups excluding carboxylic acids is 1. The summed E-state index contributed by atoms with van der Waals surface area (Å²) in [4.78, 5) is 14.3. The van der Waals surface area contributed by atoms with Crippen LogP contribution in [-0.2, 0) is 22.4 Å². The highest BCUT2D eigenvalue weighted by atomic mass is 19.4. The first-order chi connectivity index (χ1) is 16.9. The number of alkyl halides is 3.